The highest BCUT2D eigenvalue weighted by Crippen LogP contribution is 2.27. The van der Waals surface area contributed by atoms with Crippen molar-refractivity contribution in [2.45, 2.75) is 6.92 Å². The molecule has 0 amide bonds. The third-order valence-electron chi connectivity index (χ3n) is 3.85. The Morgan fingerprint density at radius 1 is 0.783 bits per heavy atom. The van der Waals surface area contributed by atoms with Crippen molar-refractivity contribution in [1.82, 2.24) is 0 Å². The third kappa shape index (κ3) is 3.89. The van der Waals surface area contributed by atoms with E-state index in [2.05, 4.69) is 61.5 Å². The molecular weight excluding hydrogens is 280 g/mol. The number of allylic oxidation sites excluding steroid dienone is 1. The summed E-state index contributed by atoms with van der Waals surface area (Å²) in [6, 6.07) is 31.5. The van der Waals surface area contributed by atoms with E-state index in [1.54, 1.807) is 0 Å². The van der Waals surface area contributed by atoms with Gasteiger partial charge in [-0.05, 0) is 41.8 Å². The molecule has 0 unspecified atom stereocenters. The number of hydrogen-bond donors (Lipinski definition) is 0. The lowest BCUT2D eigenvalue weighted by molar-refractivity contribution is 0.370. The Morgan fingerprint density at radius 2 is 1.35 bits per heavy atom. The first-order valence-corrected chi connectivity index (χ1v) is 7.74. The van der Waals surface area contributed by atoms with E-state index < -0.39 is 0 Å². The van der Waals surface area contributed by atoms with E-state index in [4.69, 9.17) is 4.74 Å². The van der Waals surface area contributed by atoms with E-state index in [-0.39, 0.29) is 0 Å². The Bertz CT molecular complexity index is 759. The van der Waals surface area contributed by atoms with Gasteiger partial charge < -0.3 is 4.74 Å². The molecule has 0 N–H and O–H groups in total. The van der Waals surface area contributed by atoms with Crippen LogP contribution in [-0.2, 0) is 0 Å². The van der Waals surface area contributed by atoms with E-state index >= 15 is 0 Å². The van der Waals surface area contributed by atoms with Gasteiger partial charge in [0, 0.05) is 5.57 Å². The summed E-state index contributed by atoms with van der Waals surface area (Å²) in [4.78, 5) is 0. The van der Waals surface area contributed by atoms with Gasteiger partial charge in [-0.3, -0.25) is 0 Å². The van der Waals surface area contributed by atoms with Crippen LogP contribution >= 0.6 is 0 Å². The van der Waals surface area contributed by atoms with Gasteiger partial charge in [-0.2, -0.15) is 0 Å². The van der Waals surface area contributed by atoms with Gasteiger partial charge in [-0.15, -0.1) is 0 Å². The van der Waals surface area contributed by atoms with Gasteiger partial charge in [-0.25, -0.2) is 0 Å². The Labute approximate surface area is 137 Å². The fourth-order valence-electron chi connectivity index (χ4n) is 2.53. The first-order chi connectivity index (χ1) is 11.3. The molecule has 0 spiro atoms. The second kappa shape index (κ2) is 7.46. The van der Waals surface area contributed by atoms with Crippen molar-refractivity contribution in [2.75, 3.05) is 6.61 Å². The average molecular weight is 299 g/mol. The summed E-state index contributed by atoms with van der Waals surface area (Å²) >= 11 is 0. The van der Waals surface area contributed by atoms with Crippen LogP contribution in [0, 0.1) is 6.07 Å². The quantitative estimate of drug-likeness (QED) is 0.565. The van der Waals surface area contributed by atoms with Crippen LogP contribution in [0.5, 0.6) is 5.75 Å². The molecule has 113 valence electrons. The molecule has 1 heteroatoms. The summed E-state index contributed by atoms with van der Waals surface area (Å²) < 4.78 is 5.99. The minimum Gasteiger partial charge on any atom is -0.489 e. The Hall–Kier alpha value is -2.80. The zero-order chi connectivity index (χ0) is 15.9. The maximum absolute atomic E-state index is 5.99. The summed E-state index contributed by atoms with van der Waals surface area (Å²) in [6.45, 7) is 2.69. The van der Waals surface area contributed by atoms with E-state index in [1.165, 1.54) is 22.3 Å². The molecule has 0 aliphatic rings. The molecule has 0 atom stereocenters. The zero-order valence-corrected chi connectivity index (χ0v) is 13.2. The lowest BCUT2D eigenvalue weighted by Gasteiger charge is -2.15. The molecule has 1 nitrogen and oxygen atoms in total. The summed E-state index contributed by atoms with van der Waals surface area (Å²) in [5.41, 5.74) is 4.84. The first kappa shape index (κ1) is 15.1. The van der Waals surface area contributed by atoms with Gasteiger partial charge in [0.2, 0.25) is 0 Å². The molecule has 0 fully saturated rings. The number of rotatable bonds is 5. The minimum absolute atomic E-state index is 0.536. The molecule has 0 bridgehead atoms. The van der Waals surface area contributed by atoms with E-state index in [0.29, 0.717) is 6.61 Å². The molecule has 0 aliphatic heterocycles. The summed E-state index contributed by atoms with van der Waals surface area (Å²) in [6.07, 6.45) is 0. The van der Waals surface area contributed by atoms with Crippen molar-refractivity contribution in [3.63, 3.8) is 0 Å². The van der Waals surface area contributed by atoms with Gasteiger partial charge in [-0.1, -0.05) is 72.8 Å². The van der Waals surface area contributed by atoms with Crippen LogP contribution in [0.2, 0.25) is 0 Å². The minimum atomic E-state index is 0.536. The van der Waals surface area contributed by atoms with Crippen LogP contribution in [0.15, 0.2) is 84.9 Å². The molecule has 3 aromatic carbocycles. The SMILES string of the molecule is CC(=C(COc1cc[c]cc1)c1ccccc1)c1ccccc1. The van der Waals surface area contributed by atoms with Gasteiger partial charge in [0.15, 0.2) is 0 Å². The Kier molecular flexibility index (Phi) is 4.90. The predicted octanol–water partition coefficient (Wildman–Crippen LogP) is 5.50. The molecule has 1 radical (unpaired) electrons. The topological polar surface area (TPSA) is 9.23 Å². The van der Waals surface area contributed by atoms with Gasteiger partial charge in [0.1, 0.15) is 12.4 Å². The van der Waals surface area contributed by atoms with Gasteiger partial charge >= 0.3 is 0 Å². The maximum Gasteiger partial charge on any atom is 0.119 e. The number of ether oxygens (including phenoxy) is 1. The van der Waals surface area contributed by atoms with Crippen molar-refractivity contribution in [3.8, 4) is 5.75 Å². The molecule has 0 saturated heterocycles. The highest BCUT2D eigenvalue weighted by Gasteiger charge is 2.09. The highest BCUT2D eigenvalue weighted by molar-refractivity contribution is 5.90. The Morgan fingerprint density at radius 3 is 1.96 bits per heavy atom. The van der Waals surface area contributed by atoms with Crippen molar-refractivity contribution in [1.29, 1.82) is 0 Å². The molecule has 0 saturated carbocycles. The largest absolute Gasteiger partial charge is 0.489 e. The van der Waals surface area contributed by atoms with E-state index in [0.717, 1.165) is 5.75 Å². The monoisotopic (exact) mass is 299 g/mol. The molecule has 0 heterocycles. The van der Waals surface area contributed by atoms with E-state index in [1.807, 2.05) is 36.4 Å². The molecule has 23 heavy (non-hydrogen) atoms. The van der Waals surface area contributed by atoms with Crippen LogP contribution in [0.3, 0.4) is 0 Å². The maximum atomic E-state index is 5.99. The highest BCUT2D eigenvalue weighted by atomic mass is 16.5. The predicted molar refractivity (Wildman–Crippen MR) is 96.1 cm³/mol. The van der Waals surface area contributed by atoms with Crippen molar-refractivity contribution in [3.05, 3.63) is 102 Å². The average Bonchev–Trinajstić information content (AvgIpc) is 2.64. The van der Waals surface area contributed by atoms with Crippen LogP contribution in [0.25, 0.3) is 11.1 Å². The third-order valence-corrected chi connectivity index (χ3v) is 3.85. The lowest BCUT2D eigenvalue weighted by Crippen LogP contribution is -2.03. The van der Waals surface area contributed by atoms with Crippen molar-refractivity contribution in [2.24, 2.45) is 0 Å². The fraction of sp³-hybridized carbons (Fsp3) is 0.0909. The molecule has 0 aliphatic carbocycles. The number of hydrogen-bond acceptors (Lipinski definition) is 1. The van der Waals surface area contributed by atoms with Gasteiger partial charge in [0.25, 0.3) is 0 Å². The first-order valence-electron chi connectivity index (χ1n) is 7.74. The summed E-state index contributed by atoms with van der Waals surface area (Å²) in [5, 5.41) is 0. The summed E-state index contributed by atoms with van der Waals surface area (Å²) in [5.74, 6) is 0.859. The zero-order valence-electron chi connectivity index (χ0n) is 13.2. The summed E-state index contributed by atoms with van der Waals surface area (Å²) in [7, 11) is 0. The van der Waals surface area contributed by atoms with Crippen LogP contribution < -0.4 is 4.74 Å². The number of benzene rings is 3. The second-order valence-electron chi connectivity index (χ2n) is 5.36. The van der Waals surface area contributed by atoms with Crippen molar-refractivity contribution >= 4 is 11.1 Å². The van der Waals surface area contributed by atoms with E-state index in [9.17, 15) is 0 Å². The lowest BCUT2D eigenvalue weighted by atomic mass is 9.96. The second-order valence-corrected chi connectivity index (χ2v) is 5.36. The van der Waals surface area contributed by atoms with Crippen LogP contribution in [0.4, 0.5) is 0 Å². The standard InChI is InChI=1S/C22H19O/c1-18(19-11-5-2-6-12-19)22(20-13-7-3-8-14-20)17-23-21-15-9-4-10-16-21/h2-3,5-16H,17H2,1H3. The molecule has 3 aromatic rings. The fourth-order valence-corrected chi connectivity index (χ4v) is 2.53. The molecule has 3 rings (SSSR count). The normalized spacial score (nSPS) is 11.7. The Balaban J connectivity index is 1.94. The smallest absolute Gasteiger partial charge is 0.119 e. The molecule has 0 aromatic heterocycles. The molecular formula is C22H19O. The van der Waals surface area contributed by atoms with Crippen LogP contribution in [-0.4, -0.2) is 6.61 Å². The van der Waals surface area contributed by atoms with Gasteiger partial charge in [0.05, 0.1) is 0 Å². The van der Waals surface area contributed by atoms with Crippen LogP contribution in [0.1, 0.15) is 18.1 Å². The van der Waals surface area contributed by atoms with Crippen molar-refractivity contribution < 1.29 is 4.74 Å².